The van der Waals surface area contributed by atoms with Gasteiger partial charge in [0.15, 0.2) is 0 Å². The highest BCUT2D eigenvalue weighted by Crippen LogP contribution is 2.37. The normalized spacial score (nSPS) is 21.9. The van der Waals surface area contributed by atoms with Crippen molar-refractivity contribution in [1.29, 1.82) is 0 Å². The minimum absolute atomic E-state index is 0.00827. The van der Waals surface area contributed by atoms with E-state index in [-0.39, 0.29) is 30.7 Å². The second kappa shape index (κ2) is 7.87. The first-order chi connectivity index (χ1) is 9.45. The van der Waals surface area contributed by atoms with Crippen molar-refractivity contribution >= 4 is 17.8 Å². The molecule has 0 spiro atoms. The second-order valence-corrected chi connectivity index (χ2v) is 5.46. The summed E-state index contributed by atoms with van der Waals surface area (Å²) in [4.78, 5) is 34.1. The monoisotopic (exact) mass is 284 g/mol. The third-order valence-corrected chi connectivity index (χ3v) is 3.58. The Labute approximate surface area is 119 Å². The molecule has 0 aromatic heterocycles. The van der Waals surface area contributed by atoms with E-state index < -0.39 is 12.0 Å². The van der Waals surface area contributed by atoms with Crippen LogP contribution in [0.5, 0.6) is 0 Å². The molecule has 6 heteroatoms. The fraction of sp³-hybridized carbons (Fsp3) is 0.786. The van der Waals surface area contributed by atoms with E-state index in [2.05, 4.69) is 10.6 Å². The van der Waals surface area contributed by atoms with E-state index in [1.165, 1.54) is 0 Å². The Balaban J connectivity index is 2.20. The van der Waals surface area contributed by atoms with Crippen LogP contribution in [0.1, 0.15) is 46.0 Å². The van der Waals surface area contributed by atoms with Gasteiger partial charge >= 0.3 is 5.97 Å². The van der Waals surface area contributed by atoms with Gasteiger partial charge in [-0.25, -0.2) is 4.79 Å². The van der Waals surface area contributed by atoms with Crippen LogP contribution in [0.4, 0.5) is 0 Å². The number of hydrogen-bond acceptors (Lipinski definition) is 3. The number of carbonyl (C=O) groups is 3. The summed E-state index contributed by atoms with van der Waals surface area (Å²) in [5, 5.41) is 14.2. The van der Waals surface area contributed by atoms with Gasteiger partial charge in [-0.05, 0) is 18.8 Å². The molecule has 1 fully saturated rings. The summed E-state index contributed by atoms with van der Waals surface area (Å²) >= 11 is 0. The standard InChI is InChI=1S/C14H24N2O4/c1-3-4-5-11(14(19)20)16-12(17)6-7-15-13(18)10-8-9(10)2/h9-11H,3-8H2,1-2H3,(H,15,18)(H,16,17)(H,19,20). The molecule has 1 aliphatic rings. The first-order valence-corrected chi connectivity index (χ1v) is 7.25. The van der Waals surface area contributed by atoms with Crippen LogP contribution in [0, 0.1) is 11.8 Å². The topological polar surface area (TPSA) is 95.5 Å². The smallest absolute Gasteiger partial charge is 0.326 e. The van der Waals surface area contributed by atoms with Crippen LogP contribution in [0.25, 0.3) is 0 Å². The first-order valence-electron chi connectivity index (χ1n) is 7.25. The molecule has 3 N–H and O–H groups in total. The van der Waals surface area contributed by atoms with Crippen molar-refractivity contribution in [2.75, 3.05) is 6.54 Å². The van der Waals surface area contributed by atoms with Crippen molar-refractivity contribution in [3.8, 4) is 0 Å². The van der Waals surface area contributed by atoms with Gasteiger partial charge in [0.2, 0.25) is 11.8 Å². The summed E-state index contributed by atoms with van der Waals surface area (Å²) in [5.74, 6) is -0.824. The Hall–Kier alpha value is -1.59. The predicted molar refractivity (Wildman–Crippen MR) is 74.0 cm³/mol. The van der Waals surface area contributed by atoms with Crippen LogP contribution >= 0.6 is 0 Å². The molecule has 114 valence electrons. The van der Waals surface area contributed by atoms with Crippen LogP contribution < -0.4 is 10.6 Å². The van der Waals surface area contributed by atoms with Crippen LogP contribution in [-0.2, 0) is 14.4 Å². The van der Waals surface area contributed by atoms with Crippen molar-refractivity contribution in [1.82, 2.24) is 10.6 Å². The zero-order valence-electron chi connectivity index (χ0n) is 12.1. The number of carbonyl (C=O) groups excluding carboxylic acids is 2. The molecule has 1 saturated carbocycles. The van der Waals surface area contributed by atoms with Gasteiger partial charge in [-0.15, -0.1) is 0 Å². The molecule has 0 heterocycles. The lowest BCUT2D eigenvalue weighted by Gasteiger charge is -2.14. The largest absolute Gasteiger partial charge is 0.480 e. The third kappa shape index (κ3) is 5.59. The summed E-state index contributed by atoms with van der Waals surface area (Å²) in [6.45, 7) is 4.24. The van der Waals surface area contributed by atoms with Crippen LogP contribution in [0.15, 0.2) is 0 Å². The third-order valence-electron chi connectivity index (χ3n) is 3.58. The van der Waals surface area contributed by atoms with Gasteiger partial charge in [0.1, 0.15) is 6.04 Å². The molecule has 1 aliphatic carbocycles. The van der Waals surface area contributed by atoms with E-state index in [1.54, 1.807) is 0 Å². The van der Waals surface area contributed by atoms with Gasteiger partial charge in [-0.1, -0.05) is 26.7 Å². The fourth-order valence-corrected chi connectivity index (χ4v) is 2.05. The van der Waals surface area contributed by atoms with Gasteiger partial charge in [-0.2, -0.15) is 0 Å². The molecule has 0 bridgehead atoms. The maximum absolute atomic E-state index is 11.6. The molecule has 20 heavy (non-hydrogen) atoms. The number of unbranched alkanes of at least 4 members (excludes halogenated alkanes) is 1. The summed E-state index contributed by atoms with van der Waals surface area (Å²) in [6, 6.07) is -0.832. The average Bonchev–Trinajstić information content (AvgIpc) is 3.11. The SMILES string of the molecule is CCCCC(NC(=O)CCNC(=O)C1CC1C)C(=O)O. The summed E-state index contributed by atoms with van der Waals surface area (Å²) in [7, 11) is 0. The molecule has 1 rings (SSSR count). The molecule has 6 nitrogen and oxygen atoms in total. The number of nitrogens with one attached hydrogen (secondary N) is 2. The van der Waals surface area contributed by atoms with Crippen molar-refractivity contribution in [3.05, 3.63) is 0 Å². The Bertz CT molecular complexity index is 370. The van der Waals surface area contributed by atoms with Gasteiger partial charge in [0.05, 0.1) is 0 Å². The Morgan fingerprint density at radius 1 is 1.35 bits per heavy atom. The van der Waals surface area contributed by atoms with E-state index in [1.807, 2.05) is 13.8 Å². The quantitative estimate of drug-likeness (QED) is 0.586. The van der Waals surface area contributed by atoms with Crippen LogP contribution in [0.3, 0.4) is 0 Å². The molecule has 0 radical (unpaired) electrons. The molecular weight excluding hydrogens is 260 g/mol. The lowest BCUT2D eigenvalue weighted by Crippen LogP contribution is -2.42. The molecule has 0 aliphatic heterocycles. The average molecular weight is 284 g/mol. The minimum atomic E-state index is -1.01. The number of amides is 2. The van der Waals surface area contributed by atoms with Crippen molar-refractivity contribution in [2.45, 2.75) is 52.0 Å². The Kier molecular flexibility index (Phi) is 6.48. The van der Waals surface area contributed by atoms with Crippen molar-refractivity contribution < 1.29 is 19.5 Å². The Morgan fingerprint density at radius 3 is 2.50 bits per heavy atom. The van der Waals surface area contributed by atoms with E-state index in [9.17, 15) is 14.4 Å². The predicted octanol–water partition coefficient (Wildman–Crippen LogP) is 0.908. The van der Waals surface area contributed by atoms with Gasteiger partial charge in [0, 0.05) is 18.9 Å². The van der Waals surface area contributed by atoms with Gasteiger partial charge in [0.25, 0.3) is 0 Å². The summed E-state index contributed by atoms with van der Waals surface area (Å²) in [6.07, 6.45) is 3.10. The molecule has 0 saturated heterocycles. The van der Waals surface area contributed by atoms with Gasteiger partial charge < -0.3 is 15.7 Å². The molecular formula is C14H24N2O4. The molecule has 2 amide bonds. The van der Waals surface area contributed by atoms with E-state index >= 15 is 0 Å². The summed E-state index contributed by atoms with van der Waals surface area (Å²) in [5.41, 5.74) is 0. The number of hydrogen-bond donors (Lipinski definition) is 3. The number of carboxylic acids is 1. The summed E-state index contributed by atoms with van der Waals surface area (Å²) < 4.78 is 0. The zero-order chi connectivity index (χ0) is 15.1. The highest BCUT2D eigenvalue weighted by Gasteiger charge is 2.38. The fourth-order valence-electron chi connectivity index (χ4n) is 2.05. The zero-order valence-corrected chi connectivity index (χ0v) is 12.1. The minimum Gasteiger partial charge on any atom is -0.480 e. The molecule has 0 aromatic rings. The first kappa shape index (κ1) is 16.5. The van der Waals surface area contributed by atoms with Crippen molar-refractivity contribution in [2.24, 2.45) is 11.8 Å². The van der Waals surface area contributed by atoms with Crippen LogP contribution in [-0.4, -0.2) is 35.5 Å². The van der Waals surface area contributed by atoms with Gasteiger partial charge in [-0.3, -0.25) is 9.59 Å². The van der Waals surface area contributed by atoms with E-state index in [0.29, 0.717) is 12.3 Å². The van der Waals surface area contributed by atoms with Crippen molar-refractivity contribution in [3.63, 3.8) is 0 Å². The number of aliphatic carboxylic acids is 1. The maximum Gasteiger partial charge on any atom is 0.326 e. The second-order valence-electron chi connectivity index (χ2n) is 5.46. The highest BCUT2D eigenvalue weighted by molar-refractivity contribution is 5.85. The van der Waals surface area contributed by atoms with E-state index in [4.69, 9.17) is 5.11 Å². The van der Waals surface area contributed by atoms with Crippen LogP contribution in [0.2, 0.25) is 0 Å². The molecule has 0 aromatic carbocycles. The molecule has 3 atom stereocenters. The van der Waals surface area contributed by atoms with E-state index in [0.717, 1.165) is 19.3 Å². The molecule has 3 unspecified atom stereocenters. The number of carboxylic acid groups (broad SMARTS) is 1. The number of rotatable bonds is 9. The Morgan fingerprint density at radius 2 is 2.00 bits per heavy atom. The lowest BCUT2D eigenvalue weighted by molar-refractivity contribution is -0.142. The maximum atomic E-state index is 11.6. The highest BCUT2D eigenvalue weighted by atomic mass is 16.4. The lowest BCUT2D eigenvalue weighted by atomic mass is 10.1.